The first-order valence-electron chi connectivity index (χ1n) is 9.07. The molecule has 0 aliphatic heterocycles. The van der Waals surface area contributed by atoms with Gasteiger partial charge in [0.25, 0.3) is 0 Å². The van der Waals surface area contributed by atoms with Crippen LogP contribution in [0, 0.1) is 0 Å². The number of para-hydroxylation sites is 2. The molecule has 0 N–H and O–H groups in total. The maximum absolute atomic E-state index is 5.57. The summed E-state index contributed by atoms with van der Waals surface area (Å²) in [5, 5.41) is 1.01. The zero-order valence-corrected chi connectivity index (χ0v) is 16.0. The van der Waals surface area contributed by atoms with Crippen molar-refractivity contribution in [2.45, 2.75) is 18.5 Å². The summed E-state index contributed by atoms with van der Waals surface area (Å²) in [6, 6.07) is 20.6. The molecular weight excluding hydrogens is 354 g/mol. The van der Waals surface area contributed by atoms with Crippen molar-refractivity contribution in [3.8, 4) is 11.4 Å². The Labute approximate surface area is 163 Å². The molecule has 4 nitrogen and oxygen atoms in total. The highest BCUT2D eigenvalue weighted by Crippen LogP contribution is 2.29. The van der Waals surface area contributed by atoms with Crippen LogP contribution in [0.2, 0.25) is 0 Å². The molecular formula is C22H21N3OS. The Kier molecular flexibility index (Phi) is 5.39. The molecule has 0 amide bonds. The molecule has 0 saturated heterocycles. The van der Waals surface area contributed by atoms with E-state index in [1.54, 1.807) is 11.8 Å². The van der Waals surface area contributed by atoms with Gasteiger partial charge in [-0.2, -0.15) is 0 Å². The first-order chi connectivity index (χ1) is 13.3. The van der Waals surface area contributed by atoms with E-state index in [2.05, 4.69) is 52.0 Å². The molecule has 5 heteroatoms. The Hall–Kier alpha value is -2.79. The van der Waals surface area contributed by atoms with Gasteiger partial charge in [0.05, 0.1) is 17.6 Å². The number of fused-ring (bicyclic) bond motifs is 1. The summed E-state index contributed by atoms with van der Waals surface area (Å²) in [7, 11) is 0. The second kappa shape index (κ2) is 8.27. The van der Waals surface area contributed by atoms with E-state index in [-0.39, 0.29) is 0 Å². The Morgan fingerprint density at radius 1 is 0.963 bits per heavy atom. The van der Waals surface area contributed by atoms with Gasteiger partial charge in [-0.05, 0) is 67.4 Å². The van der Waals surface area contributed by atoms with Gasteiger partial charge in [0.2, 0.25) is 0 Å². The van der Waals surface area contributed by atoms with E-state index in [0.717, 1.165) is 39.8 Å². The zero-order chi connectivity index (χ0) is 18.5. The Bertz CT molecular complexity index is 1010. The number of imidazole rings is 1. The van der Waals surface area contributed by atoms with Crippen molar-refractivity contribution in [3.05, 3.63) is 78.6 Å². The standard InChI is InChI=1S/C22H21N3OS/c1-2-26-19-9-7-18(8-10-19)25-21-6-4-3-5-20(21)24-22(25)27-16-13-17-11-14-23-15-12-17/h3-12,14-15H,2,13,16H2,1H3. The van der Waals surface area contributed by atoms with Crippen molar-refractivity contribution in [1.29, 1.82) is 0 Å². The van der Waals surface area contributed by atoms with Crippen LogP contribution in [-0.2, 0) is 6.42 Å². The molecule has 2 heterocycles. The minimum Gasteiger partial charge on any atom is -0.494 e. The van der Waals surface area contributed by atoms with E-state index in [1.807, 2.05) is 37.5 Å². The number of thioether (sulfide) groups is 1. The smallest absolute Gasteiger partial charge is 0.173 e. The van der Waals surface area contributed by atoms with E-state index in [0.29, 0.717) is 6.61 Å². The van der Waals surface area contributed by atoms with Crippen LogP contribution in [0.25, 0.3) is 16.7 Å². The predicted octanol–water partition coefficient (Wildman–Crippen LogP) is 5.15. The summed E-state index contributed by atoms with van der Waals surface area (Å²) in [6.45, 7) is 2.66. The lowest BCUT2D eigenvalue weighted by atomic mass is 10.2. The highest BCUT2D eigenvalue weighted by molar-refractivity contribution is 7.99. The number of rotatable bonds is 7. The van der Waals surface area contributed by atoms with E-state index in [1.165, 1.54) is 5.56 Å². The van der Waals surface area contributed by atoms with Crippen molar-refractivity contribution in [3.63, 3.8) is 0 Å². The second-order valence-corrected chi connectivity index (χ2v) is 7.16. The third-order valence-corrected chi connectivity index (χ3v) is 5.25. The first kappa shape index (κ1) is 17.6. The fraction of sp³-hybridized carbons (Fsp3) is 0.182. The molecule has 0 aliphatic rings. The lowest BCUT2D eigenvalue weighted by molar-refractivity contribution is 0.340. The van der Waals surface area contributed by atoms with E-state index in [9.17, 15) is 0 Å². The predicted molar refractivity (Wildman–Crippen MR) is 111 cm³/mol. The zero-order valence-electron chi connectivity index (χ0n) is 15.2. The Morgan fingerprint density at radius 3 is 2.52 bits per heavy atom. The van der Waals surface area contributed by atoms with Gasteiger partial charge in [0.1, 0.15) is 5.75 Å². The van der Waals surface area contributed by atoms with Crippen LogP contribution < -0.4 is 4.74 Å². The van der Waals surface area contributed by atoms with Gasteiger partial charge in [-0.1, -0.05) is 23.9 Å². The molecule has 136 valence electrons. The molecule has 4 aromatic rings. The van der Waals surface area contributed by atoms with Crippen molar-refractivity contribution in [1.82, 2.24) is 14.5 Å². The molecule has 0 unspecified atom stereocenters. The number of hydrogen-bond acceptors (Lipinski definition) is 4. The summed E-state index contributed by atoms with van der Waals surface area (Å²) in [6.07, 6.45) is 4.67. The van der Waals surface area contributed by atoms with Crippen LogP contribution in [0.3, 0.4) is 0 Å². The fourth-order valence-electron chi connectivity index (χ4n) is 3.02. The summed E-state index contributed by atoms with van der Waals surface area (Å²) in [5.41, 5.74) is 4.52. The average molecular weight is 375 g/mol. The molecule has 0 radical (unpaired) electrons. The lowest BCUT2D eigenvalue weighted by Crippen LogP contribution is -1.98. The quantitative estimate of drug-likeness (QED) is 0.419. The number of hydrogen-bond donors (Lipinski definition) is 0. The number of ether oxygens (including phenoxy) is 1. The van der Waals surface area contributed by atoms with Crippen LogP contribution in [0.5, 0.6) is 5.75 Å². The van der Waals surface area contributed by atoms with E-state index >= 15 is 0 Å². The van der Waals surface area contributed by atoms with Crippen LogP contribution >= 0.6 is 11.8 Å². The third kappa shape index (κ3) is 3.98. The van der Waals surface area contributed by atoms with Gasteiger partial charge < -0.3 is 4.74 Å². The van der Waals surface area contributed by atoms with E-state index < -0.39 is 0 Å². The molecule has 0 spiro atoms. The molecule has 0 atom stereocenters. The fourth-order valence-corrected chi connectivity index (χ4v) is 4.03. The maximum atomic E-state index is 5.57. The Morgan fingerprint density at radius 2 is 1.74 bits per heavy atom. The van der Waals surface area contributed by atoms with Gasteiger partial charge in [-0.25, -0.2) is 4.98 Å². The second-order valence-electron chi connectivity index (χ2n) is 6.10. The summed E-state index contributed by atoms with van der Waals surface area (Å²) in [5.74, 6) is 1.85. The van der Waals surface area contributed by atoms with Gasteiger partial charge in [-0.3, -0.25) is 9.55 Å². The number of benzene rings is 2. The van der Waals surface area contributed by atoms with Gasteiger partial charge in [0, 0.05) is 23.8 Å². The molecule has 0 fully saturated rings. The van der Waals surface area contributed by atoms with Crippen molar-refractivity contribution < 1.29 is 4.74 Å². The normalized spacial score (nSPS) is 11.0. The van der Waals surface area contributed by atoms with E-state index in [4.69, 9.17) is 9.72 Å². The molecule has 2 aromatic carbocycles. The number of aryl methyl sites for hydroxylation is 1. The summed E-state index contributed by atoms with van der Waals surface area (Å²) in [4.78, 5) is 8.94. The summed E-state index contributed by atoms with van der Waals surface area (Å²) >= 11 is 1.78. The molecule has 0 bridgehead atoms. The highest BCUT2D eigenvalue weighted by atomic mass is 32.2. The maximum Gasteiger partial charge on any atom is 0.173 e. The van der Waals surface area contributed by atoms with Gasteiger partial charge in [-0.15, -0.1) is 0 Å². The van der Waals surface area contributed by atoms with Crippen LogP contribution in [0.4, 0.5) is 0 Å². The first-order valence-corrected chi connectivity index (χ1v) is 10.1. The van der Waals surface area contributed by atoms with Crippen molar-refractivity contribution >= 4 is 22.8 Å². The number of aromatic nitrogens is 3. The van der Waals surface area contributed by atoms with Crippen LogP contribution in [0.15, 0.2) is 78.2 Å². The SMILES string of the molecule is CCOc1ccc(-n2c(SCCc3ccncc3)nc3ccccc32)cc1. The molecule has 27 heavy (non-hydrogen) atoms. The molecule has 4 rings (SSSR count). The average Bonchev–Trinajstić information content (AvgIpc) is 3.08. The molecule has 0 saturated carbocycles. The van der Waals surface area contributed by atoms with Gasteiger partial charge >= 0.3 is 0 Å². The van der Waals surface area contributed by atoms with Crippen LogP contribution in [-0.4, -0.2) is 26.9 Å². The third-order valence-electron chi connectivity index (χ3n) is 4.31. The number of pyridine rings is 1. The molecule has 0 aliphatic carbocycles. The minimum absolute atomic E-state index is 0.670. The monoisotopic (exact) mass is 375 g/mol. The number of nitrogens with zero attached hydrogens (tertiary/aromatic N) is 3. The van der Waals surface area contributed by atoms with Crippen LogP contribution in [0.1, 0.15) is 12.5 Å². The van der Waals surface area contributed by atoms with Crippen molar-refractivity contribution in [2.24, 2.45) is 0 Å². The van der Waals surface area contributed by atoms with Gasteiger partial charge in [0.15, 0.2) is 5.16 Å². The largest absolute Gasteiger partial charge is 0.494 e. The summed E-state index contributed by atoms with van der Waals surface area (Å²) < 4.78 is 7.80. The Balaban J connectivity index is 1.62. The topological polar surface area (TPSA) is 39.9 Å². The highest BCUT2D eigenvalue weighted by Gasteiger charge is 2.13. The molecule has 2 aromatic heterocycles. The van der Waals surface area contributed by atoms with Crippen molar-refractivity contribution in [2.75, 3.05) is 12.4 Å². The lowest BCUT2D eigenvalue weighted by Gasteiger charge is -2.10. The minimum atomic E-state index is 0.670.